The number of thioether (sulfide) groups is 1. The molecule has 0 aromatic heterocycles. The summed E-state index contributed by atoms with van der Waals surface area (Å²) >= 11 is 2.02. The van der Waals surface area contributed by atoms with E-state index >= 15 is 0 Å². The van der Waals surface area contributed by atoms with E-state index in [1.165, 1.54) is 17.9 Å². The first-order valence-electron chi connectivity index (χ1n) is 4.40. The summed E-state index contributed by atoms with van der Waals surface area (Å²) < 4.78 is 0. The van der Waals surface area contributed by atoms with E-state index in [1.54, 1.807) is 0 Å². The molecule has 0 bridgehead atoms. The fourth-order valence-corrected chi connectivity index (χ4v) is 1.52. The highest BCUT2D eigenvalue weighted by molar-refractivity contribution is 7.99. The van der Waals surface area contributed by atoms with E-state index < -0.39 is 0 Å². The highest BCUT2D eigenvalue weighted by atomic mass is 35.5. The Morgan fingerprint density at radius 3 is 2.38 bits per heavy atom. The first-order chi connectivity index (χ1) is 5.41. The number of hydrogen-bond donors (Lipinski definition) is 2. The zero-order valence-corrected chi connectivity index (χ0v) is 10.7. The van der Waals surface area contributed by atoms with E-state index in [0.29, 0.717) is 0 Å². The molecule has 0 spiro atoms. The van der Waals surface area contributed by atoms with Crippen LogP contribution < -0.4 is 11.1 Å². The Balaban J connectivity index is -0.000000500. The Morgan fingerprint density at radius 1 is 1.15 bits per heavy atom. The Kier molecular flexibility index (Phi) is 27.8. The second-order valence-electron chi connectivity index (χ2n) is 2.50. The van der Waals surface area contributed by atoms with Crippen LogP contribution in [-0.4, -0.2) is 31.1 Å². The topological polar surface area (TPSA) is 38.0 Å². The van der Waals surface area contributed by atoms with Crippen LogP contribution in [0.25, 0.3) is 0 Å². The summed E-state index contributed by atoms with van der Waals surface area (Å²) in [6, 6.07) is 0. The average Bonchev–Trinajstić information content (AvgIpc) is 2.03. The van der Waals surface area contributed by atoms with Crippen molar-refractivity contribution in [1.29, 1.82) is 0 Å². The SMILES string of the molecule is CCCSCCNCCCN.Cl.Cl. The monoisotopic (exact) mass is 248 g/mol. The average molecular weight is 249 g/mol. The van der Waals surface area contributed by atoms with Crippen molar-refractivity contribution in [2.24, 2.45) is 5.73 Å². The first-order valence-corrected chi connectivity index (χ1v) is 5.55. The molecular formula is C8H22Cl2N2S. The van der Waals surface area contributed by atoms with Crippen LogP contribution in [0.2, 0.25) is 0 Å². The minimum atomic E-state index is 0. The Labute approximate surface area is 98.6 Å². The van der Waals surface area contributed by atoms with Gasteiger partial charge >= 0.3 is 0 Å². The van der Waals surface area contributed by atoms with Gasteiger partial charge in [-0.15, -0.1) is 24.8 Å². The molecule has 13 heavy (non-hydrogen) atoms. The standard InChI is InChI=1S/C8H20N2S.2ClH/c1-2-7-11-8-6-10-5-3-4-9;;/h10H,2-9H2,1H3;2*1H. The molecule has 0 aromatic carbocycles. The van der Waals surface area contributed by atoms with E-state index in [2.05, 4.69) is 12.2 Å². The number of nitrogens with one attached hydrogen (secondary N) is 1. The molecule has 0 saturated carbocycles. The van der Waals surface area contributed by atoms with Gasteiger partial charge in [-0.25, -0.2) is 0 Å². The third-order valence-electron chi connectivity index (χ3n) is 1.33. The molecule has 3 N–H and O–H groups in total. The van der Waals surface area contributed by atoms with Gasteiger partial charge in [-0.2, -0.15) is 11.8 Å². The summed E-state index contributed by atoms with van der Waals surface area (Å²) in [4.78, 5) is 0. The molecule has 0 radical (unpaired) electrons. The molecule has 0 atom stereocenters. The van der Waals surface area contributed by atoms with Gasteiger partial charge in [0.05, 0.1) is 0 Å². The van der Waals surface area contributed by atoms with Crippen LogP contribution in [0.4, 0.5) is 0 Å². The molecule has 0 unspecified atom stereocenters. The van der Waals surface area contributed by atoms with Crippen LogP contribution >= 0.6 is 36.6 Å². The fourth-order valence-electron chi connectivity index (χ4n) is 0.743. The third kappa shape index (κ3) is 19.3. The predicted molar refractivity (Wildman–Crippen MR) is 68.7 cm³/mol. The van der Waals surface area contributed by atoms with Gasteiger partial charge in [-0.05, 0) is 31.7 Å². The zero-order chi connectivity index (χ0) is 8.36. The van der Waals surface area contributed by atoms with E-state index in [9.17, 15) is 0 Å². The molecule has 5 heteroatoms. The van der Waals surface area contributed by atoms with Crippen LogP contribution in [0.15, 0.2) is 0 Å². The lowest BCUT2D eigenvalue weighted by molar-refractivity contribution is 0.683. The van der Waals surface area contributed by atoms with E-state index in [4.69, 9.17) is 5.73 Å². The van der Waals surface area contributed by atoms with Crippen molar-refractivity contribution >= 4 is 36.6 Å². The quantitative estimate of drug-likeness (QED) is 0.645. The lowest BCUT2D eigenvalue weighted by Crippen LogP contribution is -2.20. The van der Waals surface area contributed by atoms with Crippen LogP contribution in [0.5, 0.6) is 0 Å². The molecule has 0 fully saturated rings. The van der Waals surface area contributed by atoms with Gasteiger partial charge in [0.15, 0.2) is 0 Å². The van der Waals surface area contributed by atoms with E-state index in [-0.39, 0.29) is 24.8 Å². The van der Waals surface area contributed by atoms with Crippen molar-refractivity contribution in [2.75, 3.05) is 31.1 Å². The molecule has 0 heterocycles. The largest absolute Gasteiger partial charge is 0.330 e. The minimum Gasteiger partial charge on any atom is -0.330 e. The van der Waals surface area contributed by atoms with Gasteiger partial charge in [0.1, 0.15) is 0 Å². The molecule has 0 rings (SSSR count). The Hall–Kier alpha value is 0.850. The van der Waals surface area contributed by atoms with Crippen molar-refractivity contribution in [3.63, 3.8) is 0 Å². The van der Waals surface area contributed by atoms with Crippen LogP contribution in [0, 0.1) is 0 Å². The molecule has 84 valence electrons. The molecular weight excluding hydrogens is 227 g/mol. The number of rotatable bonds is 8. The van der Waals surface area contributed by atoms with Gasteiger partial charge in [-0.3, -0.25) is 0 Å². The van der Waals surface area contributed by atoms with Crippen molar-refractivity contribution in [1.82, 2.24) is 5.32 Å². The van der Waals surface area contributed by atoms with Crippen molar-refractivity contribution < 1.29 is 0 Å². The maximum atomic E-state index is 5.35. The smallest absolute Gasteiger partial charge is 0.00580 e. The Bertz CT molecular complexity index is 69.2. The number of nitrogens with two attached hydrogens (primary N) is 1. The van der Waals surface area contributed by atoms with Gasteiger partial charge in [0.2, 0.25) is 0 Å². The van der Waals surface area contributed by atoms with Crippen LogP contribution in [-0.2, 0) is 0 Å². The molecule has 0 aliphatic rings. The highest BCUT2D eigenvalue weighted by Crippen LogP contribution is 1.99. The fraction of sp³-hybridized carbons (Fsp3) is 1.00. The predicted octanol–water partition coefficient (Wildman–Crippen LogP) is 1.91. The Morgan fingerprint density at radius 2 is 1.85 bits per heavy atom. The van der Waals surface area contributed by atoms with Gasteiger partial charge in [0.25, 0.3) is 0 Å². The number of halogens is 2. The summed E-state index contributed by atoms with van der Waals surface area (Å²) in [6.45, 7) is 5.22. The molecule has 0 aliphatic heterocycles. The lowest BCUT2D eigenvalue weighted by atomic mass is 10.4. The third-order valence-corrected chi connectivity index (χ3v) is 2.52. The van der Waals surface area contributed by atoms with Gasteiger partial charge < -0.3 is 11.1 Å². The summed E-state index contributed by atoms with van der Waals surface area (Å²) in [6.07, 6.45) is 2.38. The van der Waals surface area contributed by atoms with Gasteiger partial charge in [-0.1, -0.05) is 6.92 Å². The van der Waals surface area contributed by atoms with E-state index in [1.807, 2.05) is 11.8 Å². The first kappa shape index (κ1) is 19.4. The number of hydrogen-bond acceptors (Lipinski definition) is 3. The van der Waals surface area contributed by atoms with Crippen LogP contribution in [0.1, 0.15) is 19.8 Å². The summed E-state index contributed by atoms with van der Waals surface area (Å²) in [5, 5.41) is 3.34. The van der Waals surface area contributed by atoms with Crippen LogP contribution in [0.3, 0.4) is 0 Å². The zero-order valence-electron chi connectivity index (χ0n) is 8.25. The maximum absolute atomic E-state index is 5.35. The lowest BCUT2D eigenvalue weighted by Gasteiger charge is -2.02. The van der Waals surface area contributed by atoms with Crippen molar-refractivity contribution in [3.8, 4) is 0 Å². The normalized spacial score (nSPS) is 8.77. The molecule has 0 aliphatic carbocycles. The molecule has 2 nitrogen and oxygen atoms in total. The summed E-state index contributed by atoms with van der Waals surface area (Å²) in [5.41, 5.74) is 5.35. The molecule has 0 aromatic rings. The van der Waals surface area contributed by atoms with E-state index in [0.717, 1.165) is 26.1 Å². The molecule has 0 amide bonds. The summed E-state index contributed by atoms with van der Waals surface area (Å²) in [7, 11) is 0. The van der Waals surface area contributed by atoms with Gasteiger partial charge in [0, 0.05) is 12.3 Å². The summed E-state index contributed by atoms with van der Waals surface area (Å²) in [5.74, 6) is 2.52. The van der Waals surface area contributed by atoms with Crippen molar-refractivity contribution in [2.45, 2.75) is 19.8 Å². The van der Waals surface area contributed by atoms with Crippen molar-refractivity contribution in [3.05, 3.63) is 0 Å². The highest BCUT2D eigenvalue weighted by Gasteiger charge is 1.87. The molecule has 0 saturated heterocycles. The maximum Gasteiger partial charge on any atom is 0.00580 e. The second-order valence-corrected chi connectivity index (χ2v) is 3.73. The minimum absolute atomic E-state index is 0. The second kappa shape index (κ2) is 18.6.